The Balaban J connectivity index is 1.76. The van der Waals surface area contributed by atoms with E-state index >= 15 is 0 Å². The molecule has 2 rings (SSSR count). The zero-order chi connectivity index (χ0) is 19.1. The van der Waals surface area contributed by atoms with Crippen molar-refractivity contribution < 1.29 is 14.4 Å². The molecule has 0 saturated carbocycles. The molecule has 0 bridgehead atoms. The Hall–Kier alpha value is -2.18. The van der Waals surface area contributed by atoms with E-state index in [0.717, 1.165) is 10.0 Å². The molecule has 0 aliphatic carbocycles. The van der Waals surface area contributed by atoms with Crippen LogP contribution in [-0.2, 0) is 9.59 Å². The number of ketones is 1. The highest BCUT2D eigenvalue weighted by molar-refractivity contribution is 9.10. The van der Waals surface area contributed by atoms with Crippen molar-refractivity contribution in [3.63, 3.8) is 0 Å². The normalized spacial score (nSPS) is 10.3. The molecule has 0 aliphatic rings. The van der Waals surface area contributed by atoms with Crippen molar-refractivity contribution in [3.8, 4) is 0 Å². The van der Waals surface area contributed by atoms with E-state index in [-0.39, 0.29) is 37.0 Å². The Morgan fingerprint density at radius 2 is 1.69 bits per heavy atom. The van der Waals surface area contributed by atoms with Gasteiger partial charge in [0.1, 0.15) is 0 Å². The maximum absolute atomic E-state index is 12.0. The van der Waals surface area contributed by atoms with E-state index in [9.17, 15) is 14.4 Å². The molecule has 0 unspecified atom stereocenters. The van der Waals surface area contributed by atoms with Gasteiger partial charge >= 0.3 is 0 Å². The number of benzene rings is 2. The third-order valence-electron chi connectivity index (χ3n) is 3.73. The summed E-state index contributed by atoms with van der Waals surface area (Å²) in [6, 6.07) is 12.1. The summed E-state index contributed by atoms with van der Waals surface area (Å²) in [6.07, 6.45) is 0.112. The smallest absolute Gasteiger partial charge is 0.243 e. The summed E-state index contributed by atoms with van der Waals surface area (Å²) in [5.74, 6) is -0.831. The second kappa shape index (κ2) is 9.50. The van der Waals surface area contributed by atoms with Gasteiger partial charge in [0.25, 0.3) is 0 Å². The van der Waals surface area contributed by atoms with Gasteiger partial charge in [-0.05, 0) is 36.8 Å². The third kappa shape index (κ3) is 5.97. The van der Waals surface area contributed by atoms with Crippen molar-refractivity contribution in [2.24, 2.45) is 0 Å². The van der Waals surface area contributed by atoms with Crippen molar-refractivity contribution in [1.29, 1.82) is 0 Å². The van der Waals surface area contributed by atoms with E-state index in [1.165, 1.54) is 0 Å². The molecule has 2 aromatic rings. The molecule has 26 heavy (non-hydrogen) atoms. The van der Waals surface area contributed by atoms with Crippen molar-refractivity contribution in [1.82, 2.24) is 5.32 Å². The predicted octanol–water partition coefficient (Wildman–Crippen LogP) is 4.13. The van der Waals surface area contributed by atoms with Crippen molar-refractivity contribution in [3.05, 3.63) is 63.1 Å². The molecule has 0 atom stereocenters. The number of amides is 2. The molecule has 0 fully saturated rings. The summed E-state index contributed by atoms with van der Waals surface area (Å²) in [5.41, 5.74) is 1.91. The molecule has 0 radical (unpaired) electrons. The van der Waals surface area contributed by atoms with Crippen molar-refractivity contribution in [2.45, 2.75) is 19.8 Å². The van der Waals surface area contributed by atoms with Crippen LogP contribution in [0.25, 0.3) is 0 Å². The van der Waals surface area contributed by atoms with Crippen LogP contribution >= 0.6 is 27.5 Å². The quantitative estimate of drug-likeness (QED) is 0.640. The summed E-state index contributed by atoms with van der Waals surface area (Å²) in [7, 11) is 0. The molecule has 0 aliphatic heterocycles. The van der Waals surface area contributed by atoms with Gasteiger partial charge in [0.15, 0.2) is 5.78 Å². The number of carbonyl (C=O) groups is 3. The summed E-state index contributed by atoms with van der Waals surface area (Å²) in [5, 5.41) is 5.76. The minimum absolute atomic E-state index is 0.0262. The first-order chi connectivity index (χ1) is 12.4. The first-order valence-electron chi connectivity index (χ1n) is 7.97. The second-order valence-electron chi connectivity index (χ2n) is 5.67. The van der Waals surface area contributed by atoms with Gasteiger partial charge in [0.2, 0.25) is 11.8 Å². The molecular weight excluding hydrogens is 420 g/mol. The van der Waals surface area contributed by atoms with Crippen molar-refractivity contribution >= 4 is 50.8 Å². The fourth-order valence-corrected chi connectivity index (χ4v) is 2.65. The van der Waals surface area contributed by atoms with Crippen molar-refractivity contribution in [2.75, 3.05) is 11.9 Å². The number of nitrogens with one attached hydrogen (secondary N) is 2. The molecule has 5 nitrogen and oxygen atoms in total. The molecule has 136 valence electrons. The molecule has 2 aromatic carbocycles. The van der Waals surface area contributed by atoms with Gasteiger partial charge in [-0.2, -0.15) is 0 Å². The SMILES string of the molecule is Cc1c(Cl)cccc1NC(=O)CNC(=O)CCC(=O)c1ccc(Br)cc1. The fourth-order valence-electron chi connectivity index (χ4n) is 2.21. The second-order valence-corrected chi connectivity index (χ2v) is 6.99. The van der Waals surface area contributed by atoms with Gasteiger partial charge in [0, 0.05) is 33.6 Å². The number of Topliss-reactive ketones (excluding diaryl/α,β-unsaturated/α-hetero) is 1. The van der Waals surface area contributed by atoms with Gasteiger partial charge in [-0.1, -0.05) is 45.7 Å². The first kappa shape index (κ1) is 20.1. The van der Waals surface area contributed by atoms with E-state index in [1.54, 1.807) is 49.4 Å². The number of halogens is 2. The zero-order valence-electron chi connectivity index (χ0n) is 14.1. The first-order valence-corrected chi connectivity index (χ1v) is 9.14. The minimum Gasteiger partial charge on any atom is -0.347 e. The van der Waals surface area contributed by atoms with Crippen LogP contribution < -0.4 is 10.6 Å². The summed E-state index contributed by atoms with van der Waals surface area (Å²) < 4.78 is 0.882. The van der Waals surface area contributed by atoms with Gasteiger partial charge in [-0.25, -0.2) is 0 Å². The summed E-state index contributed by atoms with van der Waals surface area (Å²) in [4.78, 5) is 35.8. The Bertz CT molecular complexity index is 822. The number of hydrogen-bond acceptors (Lipinski definition) is 3. The predicted molar refractivity (Wildman–Crippen MR) is 106 cm³/mol. The largest absolute Gasteiger partial charge is 0.347 e. The van der Waals surface area contributed by atoms with Crippen LogP contribution in [0.3, 0.4) is 0 Å². The summed E-state index contributed by atoms with van der Waals surface area (Å²) >= 11 is 9.30. The number of hydrogen-bond donors (Lipinski definition) is 2. The van der Waals surface area contributed by atoms with Gasteiger partial charge in [0.05, 0.1) is 6.54 Å². The van der Waals surface area contributed by atoms with E-state index in [0.29, 0.717) is 16.3 Å². The Morgan fingerprint density at radius 1 is 1.00 bits per heavy atom. The zero-order valence-corrected chi connectivity index (χ0v) is 16.5. The minimum atomic E-state index is -0.358. The molecule has 7 heteroatoms. The number of anilines is 1. The lowest BCUT2D eigenvalue weighted by atomic mass is 10.1. The topological polar surface area (TPSA) is 75.3 Å². The van der Waals surface area contributed by atoms with E-state index in [1.807, 2.05) is 0 Å². The maximum Gasteiger partial charge on any atom is 0.243 e. The Kier molecular flexibility index (Phi) is 7.36. The molecule has 0 spiro atoms. The average molecular weight is 438 g/mol. The van der Waals surface area contributed by atoms with Crippen LogP contribution in [0.15, 0.2) is 46.9 Å². The van der Waals surface area contributed by atoms with Gasteiger partial charge < -0.3 is 10.6 Å². The highest BCUT2D eigenvalue weighted by atomic mass is 79.9. The molecular formula is C19H18BrClN2O3. The van der Waals surface area contributed by atoms with E-state index < -0.39 is 0 Å². The van der Waals surface area contributed by atoms with E-state index in [2.05, 4.69) is 26.6 Å². The molecule has 0 aromatic heterocycles. The Morgan fingerprint density at radius 3 is 2.38 bits per heavy atom. The number of rotatable bonds is 7. The van der Waals surface area contributed by atoms with Gasteiger partial charge in [-0.15, -0.1) is 0 Å². The Labute approximate surface area is 165 Å². The number of carbonyl (C=O) groups excluding carboxylic acids is 3. The fraction of sp³-hybridized carbons (Fsp3) is 0.211. The van der Waals surface area contributed by atoms with Crippen LogP contribution in [0.5, 0.6) is 0 Å². The van der Waals surface area contributed by atoms with Gasteiger partial charge in [-0.3, -0.25) is 14.4 Å². The molecule has 2 N–H and O–H groups in total. The third-order valence-corrected chi connectivity index (χ3v) is 4.67. The average Bonchev–Trinajstić information content (AvgIpc) is 2.62. The van der Waals surface area contributed by atoms with Crippen LogP contribution in [0, 0.1) is 6.92 Å². The molecule has 0 saturated heterocycles. The molecule has 0 heterocycles. The van der Waals surface area contributed by atoms with Crippen LogP contribution in [-0.4, -0.2) is 24.1 Å². The lowest BCUT2D eigenvalue weighted by Crippen LogP contribution is -2.33. The van der Waals surface area contributed by atoms with Crippen LogP contribution in [0.1, 0.15) is 28.8 Å². The molecule has 2 amide bonds. The standard InChI is InChI=1S/C19H18BrClN2O3/c1-12-15(21)3-2-4-16(12)23-19(26)11-22-18(25)10-9-17(24)13-5-7-14(20)8-6-13/h2-8H,9-11H2,1H3,(H,22,25)(H,23,26). The van der Waals surface area contributed by atoms with Crippen LogP contribution in [0.2, 0.25) is 5.02 Å². The highest BCUT2D eigenvalue weighted by Gasteiger charge is 2.11. The monoisotopic (exact) mass is 436 g/mol. The van der Waals surface area contributed by atoms with E-state index in [4.69, 9.17) is 11.6 Å². The summed E-state index contributed by atoms with van der Waals surface area (Å²) in [6.45, 7) is 1.63. The maximum atomic E-state index is 12.0. The van der Waals surface area contributed by atoms with Crippen LogP contribution in [0.4, 0.5) is 5.69 Å². The lowest BCUT2D eigenvalue weighted by Gasteiger charge is -2.10. The highest BCUT2D eigenvalue weighted by Crippen LogP contribution is 2.22. The lowest BCUT2D eigenvalue weighted by molar-refractivity contribution is -0.124.